The summed E-state index contributed by atoms with van der Waals surface area (Å²) in [5, 5.41) is 8.13. The molecule has 0 fully saturated rings. The summed E-state index contributed by atoms with van der Waals surface area (Å²) in [5.41, 5.74) is 5.19. The highest BCUT2D eigenvalue weighted by Gasteiger charge is 2.42. The van der Waals surface area contributed by atoms with Crippen LogP contribution in [0.1, 0.15) is 33.2 Å². The second-order valence-corrected chi connectivity index (χ2v) is 8.15. The predicted octanol–water partition coefficient (Wildman–Crippen LogP) is 5.53. The Kier molecular flexibility index (Phi) is 5.41. The highest BCUT2D eigenvalue weighted by molar-refractivity contribution is 6.31. The molecular formula is C26H22ClN3O2. The van der Waals surface area contributed by atoms with Gasteiger partial charge in [-0.3, -0.25) is 9.89 Å². The number of halogens is 1. The van der Waals surface area contributed by atoms with Crippen LogP contribution in [0, 0.1) is 0 Å². The van der Waals surface area contributed by atoms with Gasteiger partial charge in [0.2, 0.25) is 0 Å². The van der Waals surface area contributed by atoms with Gasteiger partial charge in [-0.25, -0.2) is 0 Å². The minimum Gasteiger partial charge on any atom is -0.497 e. The first kappa shape index (κ1) is 20.3. The van der Waals surface area contributed by atoms with Crippen LogP contribution >= 0.6 is 11.6 Å². The first-order valence-electron chi connectivity index (χ1n) is 10.5. The summed E-state index contributed by atoms with van der Waals surface area (Å²) in [6, 6.07) is 25.2. The minimum atomic E-state index is -0.307. The Morgan fingerprint density at radius 2 is 1.72 bits per heavy atom. The van der Waals surface area contributed by atoms with E-state index < -0.39 is 0 Å². The highest BCUT2D eigenvalue weighted by atomic mass is 35.5. The Hall–Kier alpha value is -3.57. The third kappa shape index (κ3) is 3.55. The monoisotopic (exact) mass is 443 g/mol. The Labute approximate surface area is 191 Å². The van der Waals surface area contributed by atoms with Gasteiger partial charge in [0, 0.05) is 22.7 Å². The smallest absolute Gasteiger partial charge is 0.273 e. The summed E-state index contributed by atoms with van der Waals surface area (Å²) in [5.74, 6) is 0.751. The molecule has 0 radical (unpaired) electrons. The number of hydrogen-bond acceptors (Lipinski definition) is 3. The molecule has 0 saturated carbocycles. The van der Waals surface area contributed by atoms with Crippen molar-refractivity contribution in [2.24, 2.45) is 0 Å². The average molecular weight is 444 g/mol. The molecule has 1 aromatic heterocycles. The van der Waals surface area contributed by atoms with Crippen LogP contribution in [0.5, 0.6) is 5.75 Å². The largest absolute Gasteiger partial charge is 0.497 e. The molecule has 3 aromatic carbocycles. The standard InChI is InChI=1S/C26H22ClN3O2/c1-32-19-13-11-17(12-14-19)15-16-30-25(20-9-5-6-10-21(20)27)22-23(18-7-3-2-4-8-18)28-29-24(22)26(30)31/h2-14,25H,15-16H2,1H3,(H,28,29). The van der Waals surface area contributed by atoms with Gasteiger partial charge in [-0.1, -0.05) is 72.3 Å². The van der Waals surface area contributed by atoms with Crippen molar-refractivity contribution >= 4 is 17.5 Å². The molecule has 1 aliphatic rings. The summed E-state index contributed by atoms with van der Waals surface area (Å²) in [7, 11) is 1.65. The van der Waals surface area contributed by atoms with Crippen LogP contribution in [-0.4, -0.2) is 34.7 Å². The van der Waals surface area contributed by atoms with E-state index in [-0.39, 0.29) is 11.9 Å². The predicted molar refractivity (Wildman–Crippen MR) is 125 cm³/mol. The molecule has 5 nitrogen and oxygen atoms in total. The molecule has 0 bridgehead atoms. The maximum absolute atomic E-state index is 13.4. The van der Waals surface area contributed by atoms with Crippen LogP contribution < -0.4 is 4.74 Å². The van der Waals surface area contributed by atoms with E-state index in [1.54, 1.807) is 7.11 Å². The van der Waals surface area contributed by atoms with Crippen molar-refractivity contribution in [1.82, 2.24) is 15.1 Å². The molecular weight excluding hydrogens is 422 g/mol. The first-order chi connectivity index (χ1) is 15.7. The summed E-state index contributed by atoms with van der Waals surface area (Å²) < 4.78 is 5.25. The fraction of sp³-hybridized carbons (Fsp3) is 0.154. The van der Waals surface area contributed by atoms with E-state index in [9.17, 15) is 4.79 Å². The van der Waals surface area contributed by atoms with Gasteiger partial charge in [0.1, 0.15) is 11.4 Å². The Morgan fingerprint density at radius 1 is 1.00 bits per heavy atom. The number of carbonyl (C=O) groups excluding carboxylic acids is 1. The third-order valence-electron chi connectivity index (χ3n) is 5.91. The van der Waals surface area contributed by atoms with Gasteiger partial charge in [0.15, 0.2) is 0 Å². The van der Waals surface area contributed by atoms with Crippen molar-refractivity contribution in [3.63, 3.8) is 0 Å². The van der Waals surface area contributed by atoms with Crippen molar-refractivity contribution in [2.45, 2.75) is 12.5 Å². The van der Waals surface area contributed by atoms with Gasteiger partial charge >= 0.3 is 0 Å². The van der Waals surface area contributed by atoms with Gasteiger partial charge < -0.3 is 9.64 Å². The molecule has 1 amide bonds. The second-order valence-electron chi connectivity index (χ2n) is 7.75. The zero-order valence-corrected chi connectivity index (χ0v) is 18.3. The topological polar surface area (TPSA) is 58.2 Å². The number of hydrogen-bond donors (Lipinski definition) is 1. The number of rotatable bonds is 6. The van der Waals surface area contributed by atoms with E-state index in [0.29, 0.717) is 17.3 Å². The third-order valence-corrected chi connectivity index (χ3v) is 6.26. The van der Waals surface area contributed by atoms with E-state index in [1.165, 1.54) is 0 Å². The van der Waals surface area contributed by atoms with Crippen LogP contribution in [0.25, 0.3) is 11.3 Å². The number of benzene rings is 3. The number of methoxy groups -OCH3 is 1. The number of aromatic amines is 1. The lowest BCUT2D eigenvalue weighted by Gasteiger charge is -2.27. The Bertz CT molecular complexity index is 1250. The molecule has 0 saturated heterocycles. The van der Waals surface area contributed by atoms with Crippen molar-refractivity contribution in [1.29, 1.82) is 0 Å². The van der Waals surface area contributed by atoms with Crippen LogP contribution in [0.2, 0.25) is 5.02 Å². The number of fused-ring (bicyclic) bond motifs is 1. The quantitative estimate of drug-likeness (QED) is 0.426. The van der Waals surface area contributed by atoms with E-state index in [1.807, 2.05) is 83.8 Å². The molecule has 160 valence electrons. The molecule has 1 aliphatic heterocycles. The summed E-state index contributed by atoms with van der Waals surface area (Å²) >= 11 is 6.62. The first-order valence-corrected chi connectivity index (χ1v) is 10.9. The maximum atomic E-state index is 13.4. The number of nitrogens with zero attached hydrogens (tertiary/aromatic N) is 2. The minimum absolute atomic E-state index is 0.0619. The van der Waals surface area contributed by atoms with Crippen molar-refractivity contribution in [2.75, 3.05) is 13.7 Å². The average Bonchev–Trinajstić information content (AvgIpc) is 3.38. The van der Waals surface area contributed by atoms with E-state index in [0.717, 1.165) is 40.1 Å². The molecule has 0 spiro atoms. The summed E-state index contributed by atoms with van der Waals surface area (Å²) in [6.45, 7) is 0.553. The van der Waals surface area contributed by atoms with Crippen molar-refractivity contribution in [3.8, 4) is 17.0 Å². The number of nitrogens with one attached hydrogen (secondary N) is 1. The number of amides is 1. The fourth-order valence-electron chi connectivity index (χ4n) is 4.31. The molecule has 1 N–H and O–H groups in total. The van der Waals surface area contributed by atoms with Crippen molar-refractivity contribution < 1.29 is 9.53 Å². The Balaban J connectivity index is 1.54. The maximum Gasteiger partial charge on any atom is 0.273 e. The number of ether oxygens (including phenoxy) is 1. The second kappa shape index (κ2) is 8.52. The molecule has 2 heterocycles. The summed E-state index contributed by atoms with van der Waals surface area (Å²) in [4.78, 5) is 15.3. The van der Waals surface area contributed by atoms with Gasteiger partial charge in [-0.05, 0) is 35.7 Å². The van der Waals surface area contributed by atoms with Crippen LogP contribution in [0.4, 0.5) is 0 Å². The molecule has 0 aliphatic carbocycles. The van der Waals surface area contributed by atoms with E-state index in [4.69, 9.17) is 16.3 Å². The number of H-pyrrole nitrogens is 1. The fourth-order valence-corrected chi connectivity index (χ4v) is 4.54. The van der Waals surface area contributed by atoms with Gasteiger partial charge in [0.25, 0.3) is 5.91 Å². The van der Waals surface area contributed by atoms with E-state index >= 15 is 0 Å². The molecule has 4 aromatic rings. The van der Waals surface area contributed by atoms with Gasteiger partial charge in [-0.15, -0.1) is 0 Å². The van der Waals surface area contributed by atoms with Crippen molar-refractivity contribution in [3.05, 3.63) is 106 Å². The summed E-state index contributed by atoms with van der Waals surface area (Å²) in [6.07, 6.45) is 0.717. The van der Waals surface area contributed by atoms with Gasteiger partial charge in [-0.2, -0.15) is 5.10 Å². The number of carbonyl (C=O) groups is 1. The molecule has 5 rings (SSSR count). The normalized spacial score (nSPS) is 15.1. The van der Waals surface area contributed by atoms with Gasteiger partial charge in [0.05, 0.1) is 18.8 Å². The highest BCUT2D eigenvalue weighted by Crippen LogP contribution is 2.44. The zero-order chi connectivity index (χ0) is 22.1. The molecule has 1 unspecified atom stereocenters. The lowest BCUT2D eigenvalue weighted by molar-refractivity contribution is 0.0746. The van der Waals surface area contributed by atoms with E-state index in [2.05, 4.69) is 10.2 Å². The Morgan fingerprint density at radius 3 is 2.44 bits per heavy atom. The lowest BCUT2D eigenvalue weighted by atomic mass is 9.96. The lowest BCUT2D eigenvalue weighted by Crippen LogP contribution is -2.31. The zero-order valence-electron chi connectivity index (χ0n) is 17.6. The molecule has 32 heavy (non-hydrogen) atoms. The molecule has 6 heteroatoms. The van der Waals surface area contributed by atoms with Crippen LogP contribution in [-0.2, 0) is 6.42 Å². The molecule has 1 atom stereocenters. The SMILES string of the molecule is COc1ccc(CCN2C(=O)c3[nH]nc(-c4ccccc4)c3C2c2ccccc2Cl)cc1. The van der Waals surface area contributed by atoms with Crippen LogP contribution in [0.3, 0.4) is 0 Å². The van der Waals surface area contributed by atoms with Crippen LogP contribution in [0.15, 0.2) is 78.9 Å². The number of aromatic nitrogens is 2.